The highest BCUT2D eigenvalue weighted by molar-refractivity contribution is 4.71. The average Bonchev–Trinajstić information content (AvgIpc) is 2.58. The average molecular weight is 362 g/mol. The summed E-state index contributed by atoms with van der Waals surface area (Å²) < 4.78 is 5.25. The van der Waals surface area contributed by atoms with Crippen molar-refractivity contribution in [2.24, 2.45) is 0 Å². The summed E-state index contributed by atoms with van der Waals surface area (Å²) in [5.41, 5.74) is 0. The number of aliphatic hydroxyl groups is 3. The topological polar surface area (TPSA) is 73.2 Å². The predicted molar refractivity (Wildman–Crippen MR) is 104 cm³/mol. The molecule has 3 atom stereocenters. The number of aliphatic hydroxyl groups excluding tert-OH is 3. The van der Waals surface area contributed by atoms with Crippen molar-refractivity contribution in [1.82, 2.24) is 4.90 Å². The Hall–Kier alpha value is -0.200. The minimum absolute atomic E-state index is 0.0679. The standard InChI is InChI=1S/C20H43NO4/c1-4-5-6-7-8-9-10-11-12-13-18(21(2)3)14-19(23)16-25-17-20(24)15-22/h18-20,22-24H,4-17H2,1-3H3. The fourth-order valence-corrected chi connectivity index (χ4v) is 3.05. The maximum Gasteiger partial charge on any atom is 0.100 e. The lowest BCUT2D eigenvalue weighted by Gasteiger charge is -2.26. The zero-order valence-electron chi connectivity index (χ0n) is 16.8. The maximum absolute atomic E-state index is 10.1. The van der Waals surface area contributed by atoms with Crippen LogP contribution in [0.2, 0.25) is 0 Å². The molecule has 152 valence electrons. The molecule has 0 aromatic rings. The van der Waals surface area contributed by atoms with Gasteiger partial charge in [0.05, 0.1) is 25.9 Å². The smallest absolute Gasteiger partial charge is 0.100 e. The van der Waals surface area contributed by atoms with E-state index in [1.807, 2.05) is 0 Å². The van der Waals surface area contributed by atoms with E-state index >= 15 is 0 Å². The Kier molecular flexibility index (Phi) is 17.1. The first kappa shape index (κ1) is 24.8. The molecule has 5 nitrogen and oxygen atoms in total. The summed E-state index contributed by atoms with van der Waals surface area (Å²) in [5.74, 6) is 0. The molecule has 0 saturated carbocycles. The van der Waals surface area contributed by atoms with Crippen molar-refractivity contribution in [1.29, 1.82) is 0 Å². The van der Waals surface area contributed by atoms with Gasteiger partial charge in [0.15, 0.2) is 0 Å². The predicted octanol–water partition coefficient (Wildman–Crippen LogP) is 2.96. The lowest BCUT2D eigenvalue weighted by Crippen LogP contribution is -2.34. The third-order valence-corrected chi connectivity index (χ3v) is 4.75. The normalized spacial score (nSPS) is 15.5. The summed E-state index contributed by atoms with van der Waals surface area (Å²) >= 11 is 0. The van der Waals surface area contributed by atoms with Crippen molar-refractivity contribution in [2.45, 2.75) is 95.8 Å². The molecule has 3 unspecified atom stereocenters. The van der Waals surface area contributed by atoms with Gasteiger partial charge in [-0.25, -0.2) is 0 Å². The van der Waals surface area contributed by atoms with E-state index in [9.17, 15) is 10.2 Å². The van der Waals surface area contributed by atoms with Crippen LogP contribution in [0.1, 0.15) is 77.6 Å². The van der Waals surface area contributed by atoms with Crippen molar-refractivity contribution < 1.29 is 20.1 Å². The maximum atomic E-state index is 10.1. The highest BCUT2D eigenvalue weighted by Gasteiger charge is 2.17. The van der Waals surface area contributed by atoms with Crippen LogP contribution < -0.4 is 0 Å². The Morgan fingerprint density at radius 2 is 1.32 bits per heavy atom. The molecule has 0 saturated heterocycles. The van der Waals surface area contributed by atoms with Gasteiger partial charge in [-0.2, -0.15) is 0 Å². The number of rotatable bonds is 18. The summed E-state index contributed by atoms with van der Waals surface area (Å²) in [4.78, 5) is 2.18. The van der Waals surface area contributed by atoms with Crippen LogP contribution in [0.15, 0.2) is 0 Å². The van der Waals surface area contributed by atoms with Gasteiger partial charge in [-0.15, -0.1) is 0 Å². The van der Waals surface area contributed by atoms with E-state index in [2.05, 4.69) is 25.9 Å². The summed E-state index contributed by atoms with van der Waals surface area (Å²) in [6, 6.07) is 0.353. The van der Waals surface area contributed by atoms with Crippen LogP contribution in [-0.4, -0.2) is 72.4 Å². The SMILES string of the molecule is CCCCCCCCCCCC(CC(O)COCC(O)CO)N(C)C. The van der Waals surface area contributed by atoms with Gasteiger partial charge in [-0.1, -0.05) is 64.7 Å². The van der Waals surface area contributed by atoms with Crippen LogP contribution in [0.3, 0.4) is 0 Å². The molecule has 3 N–H and O–H groups in total. The van der Waals surface area contributed by atoms with Crippen LogP contribution >= 0.6 is 0 Å². The molecule has 0 radical (unpaired) electrons. The van der Waals surface area contributed by atoms with Crippen molar-refractivity contribution in [2.75, 3.05) is 33.9 Å². The van der Waals surface area contributed by atoms with E-state index in [-0.39, 0.29) is 19.8 Å². The van der Waals surface area contributed by atoms with E-state index < -0.39 is 12.2 Å². The molecule has 0 rings (SSSR count). The molecular formula is C20H43NO4. The molecule has 25 heavy (non-hydrogen) atoms. The molecule has 0 aromatic heterocycles. The van der Waals surface area contributed by atoms with Crippen molar-refractivity contribution in [3.63, 3.8) is 0 Å². The third kappa shape index (κ3) is 15.7. The fourth-order valence-electron chi connectivity index (χ4n) is 3.05. The molecule has 0 aliphatic carbocycles. The van der Waals surface area contributed by atoms with Crippen molar-refractivity contribution in [3.05, 3.63) is 0 Å². The first-order valence-electron chi connectivity index (χ1n) is 10.2. The first-order valence-corrected chi connectivity index (χ1v) is 10.2. The summed E-state index contributed by atoms with van der Waals surface area (Å²) in [7, 11) is 4.11. The van der Waals surface area contributed by atoms with Crippen LogP contribution in [0.5, 0.6) is 0 Å². The van der Waals surface area contributed by atoms with Crippen LogP contribution in [0.25, 0.3) is 0 Å². The molecule has 0 amide bonds. The summed E-state index contributed by atoms with van der Waals surface area (Å²) in [6.45, 7) is 2.22. The van der Waals surface area contributed by atoms with Gasteiger partial charge in [-0.3, -0.25) is 0 Å². The molecule has 0 aliphatic heterocycles. The molecule has 0 fully saturated rings. The molecular weight excluding hydrogens is 318 g/mol. The van der Waals surface area contributed by atoms with E-state index in [1.54, 1.807) is 0 Å². The van der Waals surface area contributed by atoms with Crippen LogP contribution in [0, 0.1) is 0 Å². The molecule has 5 heteroatoms. The highest BCUT2D eigenvalue weighted by atomic mass is 16.5. The van der Waals surface area contributed by atoms with Gasteiger partial charge in [-0.05, 0) is 26.9 Å². The summed E-state index contributed by atoms with van der Waals surface area (Å²) in [5, 5.41) is 28.1. The van der Waals surface area contributed by atoms with Crippen LogP contribution in [-0.2, 0) is 4.74 Å². The van der Waals surface area contributed by atoms with Gasteiger partial charge in [0.1, 0.15) is 6.10 Å². The van der Waals surface area contributed by atoms with Crippen molar-refractivity contribution >= 4 is 0 Å². The number of nitrogens with zero attached hydrogens (tertiary/aromatic N) is 1. The second kappa shape index (κ2) is 17.2. The molecule has 0 heterocycles. The monoisotopic (exact) mass is 361 g/mol. The molecule has 0 spiro atoms. The third-order valence-electron chi connectivity index (χ3n) is 4.75. The van der Waals surface area contributed by atoms with Gasteiger partial charge in [0, 0.05) is 6.04 Å². The minimum Gasteiger partial charge on any atom is -0.394 e. The number of hydrogen-bond acceptors (Lipinski definition) is 5. The Morgan fingerprint density at radius 3 is 1.84 bits per heavy atom. The number of unbranched alkanes of at least 4 members (excludes halogenated alkanes) is 8. The fraction of sp³-hybridized carbons (Fsp3) is 1.00. The van der Waals surface area contributed by atoms with E-state index in [4.69, 9.17) is 9.84 Å². The van der Waals surface area contributed by atoms with Gasteiger partial charge >= 0.3 is 0 Å². The lowest BCUT2D eigenvalue weighted by atomic mass is 10.00. The van der Waals surface area contributed by atoms with E-state index in [1.165, 1.54) is 57.8 Å². The van der Waals surface area contributed by atoms with E-state index in [0.29, 0.717) is 12.5 Å². The van der Waals surface area contributed by atoms with Crippen molar-refractivity contribution in [3.8, 4) is 0 Å². The quantitative estimate of drug-likeness (QED) is 0.327. The Morgan fingerprint density at radius 1 is 0.800 bits per heavy atom. The Labute approximate surface area is 155 Å². The second-order valence-electron chi connectivity index (χ2n) is 7.50. The van der Waals surface area contributed by atoms with Gasteiger partial charge in [0.2, 0.25) is 0 Å². The molecule has 0 aromatic carbocycles. The first-order chi connectivity index (χ1) is 12.0. The minimum atomic E-state index is -0.862. The summed E-state index contributed by atoms with van der Waals surface area (Å²) in [6.07, 6.45) is 12.3. The molecule has 0 bridgehead atoms. The molecule has 0 aliphatic rings. The zero-order chi connectivity index (χ0) is 18.9. The van der Waals surface area contributed by atoms with Gasteiger partial charge < -0.3 is 25.0 Å². The van der Waals surface area contributed by atoms with E-state index in [0.717, 1.165) is 6.42 Å². The lowest BCUT2D eigenvalue weighted by molar-refractivity contribution is -0.0306. The Balaban J connectivity index is 3.73. The van der Waals surface area contributed by atoms with Crippen LogP contribution in [0.4, 0.5) is 0 Å². The number of ether oxygens (including phenoxy) is 1. The number of hydrogen-bond donors (Lipinski definition) is 3. The highest BCUT2D eigenvalue weighted by Crippen LogP contribution is 2.15. The second-order valence-corrected chi connectivity index (χ2v) is 7.50. The Bertz CT molecular complexity index is 276. The zero-order valence-corrected chi connectivity index (χ0v) is 16.8. The van der Waals surface area contributed by atoms with Gasteiger partial charge in [0.25, 0.3) is 0 Å². The largest absolute Gasteiger partial charge is 0.394 e.